The van der Waals surface area contributed by atoms with Crippen LogP contribution in [0.5, 0.6) is 0 Å². The maximum absolute atomic E-state index is 11.9. The Kier molecular flexibility index (Phi) is 5.72. The van der Waals surface area contributed by atoms with Crippen molar-refractivity contribution >= 4 is 23.2 Å². The van der Waals surface area contributed by atoms with Gasteiger partial charge in [-0.3, -0.25) is 4.79 Å². The van der Waals surface area contributed by atoms with E-state index in [1.54, 1.807) is 35.6 Å². The molecule has 4 nitrogen and oxygen atoms in total. The molecule has 1 heterocycles. The number of benzene rings is 1. The van der Waals surface area contributed by atoms with Gasteiger partial charge in [-0.1, -0.05) is 19.1 Å². The molecule has 0 radical (unpaired) electrons. The number of carbonyl (C=O) groups excluding carboxylic acids is 1. The van der Waals surface area contributed by atoms with Crippen molar-refractivity contribution in [3.8, 4) is 0 Å². The number of amides is 1. The molecule has 1 aromatic carbocycles. The van der Waals surface area contributed by atoms with Gasteiger partial charge in [0.05, 0.1) is 5.56 Å². The van der Waals surface area contributed by atoms with Gasteiger partial charge in [-0.25, -0.2) is 4.79 Å². The highest BCUT2D eigenvalue weighted by atomic mass is 32.1. The van der Waals surface area contributed by atoms with Crippen molar-refractivity contribution in [1.82, 2.24) is 5.32 Å². The number of hydrogen-bond donors (Lipinski definition) is 2. The molecule has 0 spiro atoms. The predicted molar refractivity (Wildman–Crippen MR) is 87.5 cm³/mol. The Bertz CT molecular complexity index is 620. The molecule has 0 aliphatic heterocycles. The Hall–Kier alpha value is -2.14. The number of hydrogen-bond acceptors (Lipinski definition) is 3. The highest BCUT2D eigenvalue weighted by Gasteiger charge is 2.09. The number of thiophene rings is 1. The van der Waals surface area contributed by atoms with Crippen LogP contribution in [-0.4, -0.2) is 23.5 Å². The van der Waals surface area contributed by atoms with Crippen LogP contribution in [0.15, 0.2) is 41.1 Å². The summed E-state index contributed by atoms with van der Waals surface area (Å²) in [6.07, 6.45) is 1.02. The lowest BCUT2D eigenvalue weighted by Crippen LogP contribution is -2.27. The van der Waals surface area contributed by atoms with Crippen LogP contribution in [0.2, 0.25) is 0 Å². The second kappa shape index (κ2) is 7.75. The van der Waals surface area contributed by atoms with Gasteiger partial charge in [-0.2, -0.15) is 11.3 Å². The SMILES string of the molecule is C[C@H](CNC(=O)CCc1ccc(C(=O)O)cc1)c1ccsc1. The van der Waals surface area contributed by atoms with Crippen molar-refractivity contribution in [2.24, 2.45) is 0 Å². The Morgan fingerprint density at radius 1 is 1.23 bits per heavy atom. The van der Waals surface area contributed by atoms with E-state index in [1.807, 2.05) is 5.38 Å². The molecule has 0 saturated heterocycles. The fraction of sp³-hybridized carbons (Fsp3) is 0.294. The largest absolute Gasteiger partial charge is 0.478 e. The van der Waals surface area contributed by atoms with Gasteiger partial charge < -0.3 is 10.4 Å². The van der Waals surface area contributed by atoms with E-state index in [1.165, 1.54) is 5.56 Å². The van der Waals surface area contributed by atoms with E-state index in [0.717, 1.165) is 5.56 Å². The molecule has 1 atom stereocenters. The van der Waals surface area contributed by atoms with Crippen molar-refractivity contribution < 1.29 is 14.7 Å². The topological polar surface area (TPSA) is 66.4 Å². The van der Waals surface area contributed by atoms with E-state index >= 15 is 0 Å². The van der Waals surface area contributed by atoms with Crippen LogP contribution in [0.25, 0.3) is 0 Å². The first kappa shape index (κ1) is 16.2. The Morgan fingerprint density at radius 3 is 2.55 bits per heavy atom. The van der Waals surface area contributed by atoms with Crippen LogP contribution >= 0.6 is 11.3 Å². The quantitative estimate of drug-likeness (QED) is 0.823. The average molecular weight is 317 g/mol. The minimum Gasteiger partial charge on any atom is -0.478 e. The first-order valence-electron chi connectivity index (χ1n) is 7.17. The molecule has 1 amide bonds. The third-order valence-corrected chi connectivity index (χ3v) is 4.26. The van der Waals surface area contributed by atoms with Crippen molar-refractivity contribution in [2.45, 2.75) is 25.7 Å². The van der Waals surface area contributed by atoms with Gasteiger partial charge in [0.1, 0.15) is 0 Å². The molecule has 0 fully saturated rings. The lowest BCUT2D eigenvalue weighted by atomic mass is 10.0. The summed E-state index contributed by atoms with van der Waals surface area (Å²) < 4.78 is 0. The van der Waals surface area contributed by atoms with Gasteiger partial charge in [0, 0.05) is 13.0 Å². The minimum absolute atomic E-state index is 0.0180. The lowest BCUT2D eigenvalue weighted by molar-refractivity contribution is -0.121. The van der Waals surface area contributed by atoms with Gasteiger partial charge in [-0.15, -0.1) is 0 Å². The summed E-state index contributed by atoms with van der Waals surface area (Å²) >= 11 is 1.66. The number of rotatable bonds is 7. The van der Waals surface area contributed by atoms with E-state index in [-0.39, 0.29) is 11.5 Å². The standard InChI is InChI=1S/C17H19NO3S/c1-12(15-8-9-22-11-15)10-18-16(19)7-4-13-2-5-14(6-3-13)17(20)21/h2-3,5-6,8-9,11-12H,4,7,10H2,1H3,(H,18,19)(H,20,21)/t12-/m1/s1. The molecule has 2 aromatic rings. The number of carboxylic acid groups (broad SMARTS) is 1. The molecular weight excluding hydrogens is 298 g/mol. The fourth-order valence-electron chi connectivity index (χ4n) is 2.10. The smallest absolute Gasteiger partial charge is 0.335 e. The molecule has 22 heavy (non-hydrogen) atoms. The zero-order valence-electron chi connectivity index (χ0n) is 12.4. The molecular formula is C17H19NO3S. The summed E-state index contributed by atoms with van der Waals surface area (Å²) in [4.78, 5) is 22.6. The van der Waals surface area contributed by atoms with Crippen molar-refractivity contribution in [1.29, 1.82) is 0 Å². The molecule has 2 rings (SSSR count). The molecule has 116 valence electrons. The van der Waals surface area contributed by atoms with Crippen LogP contribution in [0.3, 0.4) is 0 Å². The van der Waals surface area contributed by atoms with Crippen LogP contribution in [-0.2, 0) is 11.2 Å². The van der Waals surface area contributed by atoms with Crippen molar-refractivity contribution in [3.63, 3.8) is 0 Å². The number of aryl methyl sites for hydroxylation is 1. The van der Waals surface area contributed by atoms with Gasteiger partial charge >= 0.3 is 5.97 Å². The van der Waals surface area contributed by atoms with Crippen LogP contribution in [0, 0.1) is 0 Å². The third-order valence-electron chi connectivity index (χ3n) is 3.56. The minimum atomic E-state index is -0.938. The maximum Gasteiger partial charge on any atom is 0.335 e. The monoisotopic (exact) mass is 317 g/mol. The van der Waals surface area contributed by atoms with E-state index in [4.69, 9.17) is 5.11 Å². The van der Waals surface area contributed by atoms with E-state index < -0.39 is 5.97 Å². The second-order valence-corrected chi connectivity index (χ2v) is 6.04. The summed E-state index contributed by atoms with van der Waals surface area (Å²) in [5, 5.41) is 15.9. The predicted octanol–water partition coefficient (Wildman–Crippen LogP) is 3.30. The van der Waals surface area contributed by atoms with Gasteiger partial charge in [-0.05, 0) is 52.4 Å². The highest BCUT2D eigenvalue weighted by Crippen LogP contribution is 2.17. The second-order valence-electron chi connectivity index (χ2n) is 5.26. The van der Waals surface area contributed by atoms with Gasteiger partial charge in [0.25, 0.3) is 0 Å². The summed E-state index contributed by atoms with van der Waals surface area (Å²) in [5.74, 6) is -0.610. The third kappa shape index (κ3) is 4.70. The molecule has 0 unspecified atom stereocenters. The molecule has 5 heteroatoms. The first-order valence-corrected chi connectivity index (χ1v) is 8.11. The molecule has 0 bridgehead atoms. The Morgan fingerprint density at radius 2 is 1.95 bits per heavy atom. The molecule has 2 N–H and O–H groups in total. The number of carbonyl (C=O) groups is 2. The molecule has 0 aliphatic carbocycles. The molecule has 1 aromatic heterocycles. The summed E-state index contributed by atoms with van der Waals surface area (Å²) in [6.45, 7) is 2.72. The zero-order valence-corrected chi connectivity index (χ0v) is 13.2. The number of carboxylic acids is 1. The van der Waals surface area contributed by atoms with Crippen LogP contribution < -0.4 is 5.32 Å². The van der Waals surface area contributed by atoms with Gasteiger partial charge in [0.2, 0.25) is 5.91 Å². The van der Waals surface area contributed by atoms with E-state index in [9.17, 15) is 9.59 Å². The average Bonchev–Trinajstić information content (AvgIpc) is 3.05. The summed E-state index contributed by atoms with van der Waals surface area (Å²) in [5.41, 5.74) is 2.47. The zero-order chi connectivity index (χ0) is 15.9. The van der Waals surface area contributed by atoms with Crippen molar-refractivity contribution in [2.75, 3.05) is 6.54 Å². The first-order chi connectivity index (χ1) is 10.6. The van der Waals surface area contributed by atoms with Crippen LogP contribution in [0.1, 0.15) is 40.7 Å². The Balaban J connectivity index is 1.74. The lowest BCUT2D eigenvalue weighted by Gasteiger charge is -2.11. The Labute approximate surface area is 133 Å². The summed E-state index contributed by atoms with van der Waals surface area (Å²) in [6, 6.07) is 8.71. The van der Waals surface area contributed by atoms with Crippen molar-refractivity contribution in [3.05, 3.63) is 57.8 Å². The molecule has 0 saturated carbocycles. The molecule has 0 aliphatic rings. The normalized spacial score (nSPS) is 11.9. The maximum atomic E-state index is 11.9. The highest BCUT2D eigenvalue weighted by molar-refractivity contribution is 7.07. The van der Waals surface area contributed by atoms with E-state index in [2.05, 4.69) is 23.7 Å². The number of nitrogens with one attached hydrogen (secondary N) is 1. The fourth-order valence-corrected chi connectivity index (χ4v) is 2.88. The van der Waals surface area contributed by atoms with E-state index in [0.29, 0.717) is 25.3 Å². The van der Waals surface area contributed by atoms with Crippen LogP contribution in [0.4, 0.5) is 0 Å². The number of aromatic carboxylic acids is 1. The summed E-state index contributed by atoms with van der Waals surface area (Å²) in [7, 11) is 0. The van der Waals surface area contributed by atoms with Gasteiger partial charge in [0.15, 0.2) is 0 Å².